The van der Waals surface area contributed by atoms with E-state index in [1.807, 2.05) is 0 Å². The van der Waals surface area contributed by atoms with Gasteiger partial charge in [-0.1, -0.05) is 12.1 Å². The molecular weight excluding hydrogens is 256 g/mol. The third-order valence-corrected chi connectivity index (χ3v) is 4.09. The van der Waals surface area contributed by atoms with Gasteiger partial charge in [0, 0.05) is 19.5 Å². The number of ether oxygens (including phenoxy) is 1. The van der Waals surface area contributed by atoms with Crippen LogP contribution in [0.5, 0.6) is 0 Å². The van der Waals surface area contributed by atoms with E-state index in [9.17, 15) is 0 Å². The lowest BCUT2D eigenvalue weighted by Gasteiger charge is -2.30. The lowest BCUT2D eigenvalue weighted by atomic mass is 10.1. The van der Waals surface area contributed by atoms with Crippen molar-refractivity contribution in [3.8, 4) is 0 Å². The van der Waals surface area contributed by atoms with Gasteiger partial charge in [-0.05, 0) is 38.4 Å². The third kappa shape index (κ3) is 3.37. The molecule has 0 spiro atoms. The van der Waals surface area contributed by atoms with Crippen LogP contribution in [0.15, 0.2) is 4.52 Å². The molecule has 2 atom stereocenters. The van der Waals surface area contributed by atoms with Crippen molar-refractivity contribution in [1.29, 1.82) is 0 Å². The fourth-order valence-corrected chi connectivity index (χ4v) is 3.00. The molecule has 2 aliphatic rings. The number of morpholine rings is 1. The minimum Gasteiger partial charge on any atom is -0.367 e. The molecule has 20 heavy (non-hydrogen) atoms. The predicted octanol–water partition coefficient (Wildman–Crippen LogP) is 1.00. The number of rotatable bonds is 5. The van der Waals surface area contributed by atoms with E-state index in [0.29, 0.717) is 11.7 Å². The van der Waals surface area contributed by atoms with Crippen LogP contribution < -0.4 is 5.32 Å². The van der Waals surface area contributed by atoms with Crippen LogP contribution in [0.1, 0.15) is 37.6 Å². The molecule has 0 amide bonds. The average molecular weight is 280 g/mol. The van der Waals surface area contributed by atoms with Gasteiger partial charge in [-0.3, -0.25) is 4.90 Å². The molecule has 2 unspecified atom stereocenters. The Morgan fingerprint density at radius 3 is 3.20 bits per heavy atom. The van der Waals surface area contributed by atoms with E-state index in [-0.39, 0.29) is 6.10 Å². The summed E-state index contributed by atoms with van der Waals surface area (Å²) in [6.45, 7) is 8.10. The monoisotopic (exact) mass is 280 g/mol. The Bertz CT molecular complexity index is 415. The molecule has 0 saturated carbocycles. The van der Waals surface area contributed by atoms with Crippen molar-refractivity contribution in [3.63, 3.8) is 0 Å². The normalized spacial score (nSPS) is 28.1. The van der Waals surface area contributed by atoms with Crippen molar-refractivity contribution >= 4 is 0 Å². The number of aromatic nitrogens is 2. The molecular formula is C14H24N4O2. The minimum absolute atomic E-state index is 0.0329. The largest absolute Gasteiger partial charge is 0.367 e. The van der Waals surface area contributed by atoms with Crippen LogP contribution in [0.4, 0.5) is 0 Å². The zero-order valence-electron chi connectivity index (χ0n) is 12.2. The molecule has 3 heterocycles. The Labute approximate surface area is 119 Å². The lowest BCUT2D eigenvalue weighted by Crippen LogP contribution is -2.39. The Kier molecular flexibility index (Phi) is 4.65. The van der Waals surface area contributed by atoms with Gasteiger partial charge >= 0.3 is 0 Å². The number of hydrogen-bond acceptors (Lipinski definition) is 6. The Morgan fingerprint density at radius 1 is 1.45 bits per heavy atom. The maximum Gasteiger partial charge on any atom is 0.227 e. The molecule has 2 fully saturated rings. The first kappa shape index (κ1) is 14.0. The van der Waals surface area contributed by atoms with Crippen LogP contribution in [-0.4, -0.2) is 54.4 Å². The first-order valence-electron chi connectivity index (χ1n) is 7.72. The summed E-state index contributed by atoms with van der Waals surface area (Å²) in [6, 6.07) is 0. The molecule has 0 radical (unpaired) electrons. The van der Waals surface area contributed by atoms with E-state index < -0.39 is 0 Å². The summed E-state index contributed by atoms with van der Waals surface area (Å²) < 4.78 is 11.2. The second kappa shape index (κ2) is 6.65. The van der Waals surface area contributed by atoms with Crippen LogP contribution in [0.25, 0.3) is 0 Å². The second-order valence-corrected chi connectivity index (χ2v) is 5.77. The van der Waals surface area contributed by atoms with Crippen LogP contribution in [0.3, 0.4) is 0 Å². The number of nitrogens with one attached hydrogen (secondary N) is 1. The molecule has 1 aromatic heterocycles. The molecule has 112 valence electrons. The highest BCUT2D eigenvalue weighted by molar-refractivity contribution is 4.95. The quantitative estimate of drug-likeness (QED) is 0.868. The van der Waals surface area contributed by atoms with Crippen LogP contribution in [0.2, 0.25) is 0 Å². The van der Waals surface area contributed by atoms with Crippen molar-refractivity contribution in [1.82, 2.24) is 20.4 Å². The fourth-order valence-electron chi connectivity index (χ4n) is 3.00. The summed E-state index contributed by atoms with van der Waals surface area (Å²) in [5.41, 5.74) is 0. The van der Waals surface area contributed by atoms with E-state index >= 15 is 0 Å². The van der Waals surface area contributed by atoms with E-state index in [4.69, 9.17) is 9.26 Å². The Balaban J connectivity index is 1.57. The second-order valence-electron chi connectivity index (χ2n) is 5.77. The van der Waals surface area contributed by atoms with Crippen molar-refractivity contribution in [2.24, 2.45) is 5.92 Å². The Hall–Kier alpha value is -0.980. The van der Waals surface area contributed by atoms with Crippen LogP contribution >= 0.6 is 0 Å². The van der Waals surface area contributed by atoms with Gasteiger partial charge in [0.25, 0.3) is 0 Å². The maximum absolute atomic E-state index is 5.78. The first-order valence-corrected chi connectivity index (χ1v) is 7.72. The maximum atomic E-state index is 5.78. The van der Waals surface area contributed by atoms with Crippen molar-refractivity contribution in [2.75, 3.05) is 39.3 Å². The molecule has 2 aliphatic heterocycles. The summed E-state index contributed by atoms with van der Waals surface area (Å²) in [5, 5.41) is 7.48. The summed E-state index contributed by atoms with van der Waals surface area (Å²) >= 11 is 0. The molecule has 1 N–H and O–H groups in total. The highest BCUT2D eigenvalue weighted by atomic mass is 16.5. The van der Waals surface area contributed by atoms with Gasteiger partial charge < -0.3 is 14.6 Å². The first-order chi connectivity index (χ1) is 9.85. The molecule has 1 aromatic rings. The number of nitrogens with zero attached hydrogens (tertiary/aromatic N) is 3. The number of hydrogen-bond donors (Lipinski definition) is 1. The highest BCUT2D eigenvalue weighted by Crippen LogP contribution is 2.21. The predicted molar refractivity (Wildman–Crippen MR) is 74.4 cm³/mol. The van der Waals surface area contributed by atoms with E-state index in [1.54, 1.807) is 0 Å². The molecule has 3 rings (SSSR count). The van der Waals surface area contributed by atoms with Gasteiger partial charge in [0.2, 0.25) is 11.7 Å². The van der Waals surface area contributed by atoms with Gasteiger partial charge in [-0.15, -0.1) is 0 Å². The highest BCUT2D eigenvalue weighted by Gasteiger charge is 2.26. The summed E-state index contributed by atoms with van der Waals surface area (Å²) in [6.07, 6.45) is 3.21. The smallest absolute Gasteiger partial charge is 0.227 e. The summed E-state index contributed by atoms with van der Waals surface area (Å²) in [4.78, 5) is 6.94. The van der Waals surface area contributed by atoms with Gasteiger partial charge in [0.15, 0.2) is 0 Å². The van der Waals surface area contributed by atoms with Crippen LogP contribution in [-0.2, 0) is 11.2 Å². The van der Waals surface area contributed by atoms with Crippen LogP contribution in [0, 0.1) is 5.92 Å². The van der Waals surface area contributed by atoms with E-state index in [0.717, 1.165) is 51.6 Å². The van der Waals surface area contributed by atoms with Crippen molar-refractivity contribution < 1.29 is 9.26 Å². The summed E-state index contributed by atoms with van der Waals surface area (Å²) in [7, 11) is 0. The average Bonchev–Trinajstić information content (AvgIpc) is 3.12. The Morgan fingerprint density at radius 2 is 2.40 bits per heavy atom. The van der Waals surface area contributed by atoms with Gasteiger partial charge in [0.05, 0.1) is 6.61 Å². The van der Waals surface area contributed by atoms with Gasteiger partial charge in [-0.25, -0.2) is 0 Å². The van der Waals surface area contributed by atoms with Crippen molar-refractivity contribution in [2.45, 2.75) is 32.3 Å². The molecule has 0 bridgehead atoms. The van der Waals surface area contributed by atoms with E-state index in [1.165, 1.54) is 12.8 Å². The molecule has 2 saturated heterocycles. The molecule has 6 heteroatoms. The van der Waals surface area contributed by atoms with Gasteiger partial charge in [0.1, 0.15) is 6.10 Å². The SMILES string of the molecule is CCCN1CCOC(c2noc(CC3CCNC3)n2)C1. The third-order valence-electron chi connectivity index (χ3n) is 4.09. The minimum atomic E-state index is -0.0329. The topological polar surface area (TPSA) is 63.4 Å². The van der Waals surface area contributed by atoms with Crippen molar-refractivity contribution in [3.05, 3.63) is 11.7 Å². The fraction of sp³-hybridized carbons (Fsp3) is 0.857. The molecule has 0 aliphatic carbocycles. The molecule has 6 nitrogen and oxygen atoms in total. The zero-order valence-corrected chi connectivity index (χ0v) is 12.2. The molecule has 0 aromatic carbocycles. The standard InChI is InChI=1S/C14H24N4O2/c1-2-5-18-6-7-19-12(10-18)14-16-13(20-17-14)8-11-3-4-15-9-11/h11-12,15H,2-10H2,1H3. The zero-order chi connectivity index (χ0) is 13.8. The summed E-state index contributed by atoms with van der Waals surface area (Å²) in [5.74, 6) is 2.10. The van der Waals surface area contributed by atoms with Gasteiger partial charge in [-0.2, -0.15) is 4.98 Å². The van der Waals surface area contributed by atoms with E-state index in [2.05, 4.69) is 27.3 Å². The lowest BCUT2D eigenvalue weighted by molar-refractivity contribution is -0.0350.